The SMILES string of the molecule is CCNC(C#N)(CCn1ccnc1C#N)c1ccccc1. The zero-order valence-electron chi connectivity index (χ0n) is 12.0. The number of hydrogen-bond acceptors (Lipinski definition) is 4. The summed E-state index contributed by atoms with van der Waals surface area (Å²) in [6.45, 7) is 3.22. The number of benzene rings is 1. The fraction of sp³-hybridized carbons (Fsp3) is 0.312. The Morgan fingerprint density at radius 3 is 2.67 bits per heavy atom. The average molecular weight is 279 g/mol. The molecule has 0 saturated carbocycles. The van der Waals surface area contributed by atoms with Gasteiger partial charge >= 0.3 is 0 Å². The van der Waals surface area contributed by atoms with Crippen LogP contribution in [0.5, 0.6) is 0 Å². The molecule has 0 radical (unpaired) electrons. The first-order valence-corrected chi connectivity index (χ1v) is 6.89. The van der Waals surface area contributed by atoms with Gasteiger partial charge in [0.25, 0.3) is 0 Å². The van der Waals surface area contributed by atoms with Gasteiger partial charge in [0.15, 0.2) is 0 Å². The minimum atomic E-state index is -0.757. The van der Waals surface area contributed by atoms with Gasteiger partial charge in [-0.05, 0) is 12.1 Å². The molecule has 0 aliphatic rings. The number of imidazole rings is 1. The third kappa shape index (κ3) is 3.10. The highest BCUT2D eigenvalue weighted by atomic mass is 15.1. The molecule has 1 aromatic carbocycles. The zero-order chi connectivity index (χ0) is 15.1. The smallest absolute Gasteiger partial charge is 0.212 e. The average Bonchev–Trinajstić information content (AvgIpc) is 3.00. The molecule has 0 spiro atoms. The minimum Gasteiger partial charge on any atom is -0.323 e. The number of nitrogens with one attached hydrogen (secondary N) is 1. The number of nitrogens with zero attached hydrogens (tertiary/aromatic N) is 4. The maximum absolute atomic E-state index is 9.71. The lowest BCUT2D eigenvalue weighted by molar-refractivity contribution is 0.381. The molecule has 1 unspecified atom stereocenters. The van der Waals surface area contributed by atoms with Gasteiger partial charge in [0, 0.05) is 25.4 Å². The standard InChI is InChI=1S/C16H17N5/c1-2-20-16(13-18,14-6-4-3-5-7-14)8-10-21-11-9-19-15(21)12-17/h3-7,9,11,20H,2,8,10H2,1H3. The monoisotopic (exact) mass is 279 g/mol. The van der Waals surface area contributed by atoms with Gasteiger partial charge < -0.3 is 4.57 Å². The zero-order valence-corrected chi connectivity index (χ0v) is 12.0. The summed E-state index contributed by atoms with van der Waals surface area (Å²) in [7, 11) is 0. The molecule has 1 N–H and O–H groups in total. The van der Waals surface area contributed by atoms with E-state index in [9.17, 15) is 5.26 Å². The highest BCUT2D eigenvalue weighted by Crippen LogP contribution is 2.25. The number of aryl methyl sites for hydroxylation is 1. The van der Waals surface area contributed by atoms with Crippen molar-refractivity contribution >= 4 is 0 Å². The van der Waals surface area contributed by atoms with E-state index in [2.05, 4.69) is 22.4 Å². The van der Waals surface area contributed by atoms with Gasteiger partial charge in [0.2, 0.25) is 5.82 Å². The minimum absolute atomic E-state index is 0.367. The van der Waals surface area contributed by atoms with Crippen molar-refractivity contribution in [1.82, 2.24) is 14.9 Å². The molecule has 0 fully saturated rings. The van der Waals surface area contributed by atoms with Crippen molar-refractivity contribution in [3.05, 3.63) is 54.1 Å². The van der Waals surface area contributed by atoms with Crippen molar-refractivity contribution in [2.24, 2.45) is 0 Å². The number of aromatic nitrogens is 2. The third-order valence-corrected chi connectivity index (χ3v) is 3.48. The number of nitriles is 2. The van der Waals surface area contributed by atoms with Crippen LogP contribution in [-0.4, -0.2) is 16.1 Å². The van der Waals surface area contributed by atoms with Gasteiger partial charge in [-0.25, -0.2) is 4.98 Å². The first-order chi connectivity index (χ1) is 10.3. The summed E-state index contributed by atoms with van der Waals surface area (Å²) < 4.78 is 1.77. The molecule has 106 valence electrons. The van der Waals surface area contributed by atoms with E-state index < -0.39 is 5.54 Å². The molecule has 0 aliphatic carbocycles. The summed E-state index contributed by atoms with van der Waals surface area (Å²) in [4.78, 5) is 3.98. The molecule has 21 heavy (non-hydrogen) atoms. The van der Waals surface area contributed by atoms with Crippen molar-refractivity contribution in [2.75, 3.05) is 6.54 Å². The number of rotatable bonds is 6. The molecule has 1 heterocycles. The van der Waals surface area contributed by atoms with Crippen molar-refractivity contribution in [2.45, 2.75) is 25.4 Å². The molecule has 2 rings (SSSR count). The Labute approximate surface area is 124 Å². The first-order valence-electron chi connectivity index (χ1n) is 6.89. The van der Waals surface area contributed by atoms with E-state index in [0.29, 0.717) is 25.3 Å². The molecule has 0 aliphatic heterocycles. The van der Waals surface area contributed by atoms with Gasteiger partial charge in [0.1, 0.15) is 11.6 Å². The van der Waals surface area contributed by atoms with Crippen LogP contribution in [0.25, 0.3) is 0 Å². The molecule has 1 atom stereocenters. The Morgan fingerprint density at radius 1 is 1.29 bits per heavy atom. The summed E-state index contributed by atoms with van der Waals surface area (Å²) in [6.07, 6.45) is 3.92. The van der Waals surface area contributed by atoms with E-state index in [1.807, 2.05) is 37.3 Å². The van der Waals surface area contributed by atoms with E-state index in [0.717, 1.165) is 5.56 Å². The van der Waals surface area contributed by atoms with Crippen LogP contribution in [0.15, 0.2) is 42.7 Å². The second kappa shape index (κ2) is 6.69. The normalized spacial score (nSPS) is 13.1. The van der Waals surface area contributed by atoms with Crippen LogP contribution in [0.3, 0.4) is 0 Å². The van der Waals surface area contributed by atoms with E-state index in [4.69, 9.17) is 5.26 Å². The van der Waals surface area contributed by atoms with Crippen molar-refractivity contribution in [1.29, 1.82) is 10.5 Å². The molecule has 0 saturated heterocycles. The van der Waals surface area contributed by atoms with Gasteiger partial charge in [-0.1, -0.05) is 37.3 Å². The lowest BCUT2D eigenvalue weighted by Crippen LogP contribution is -2.42. The molecule has 2 aromatic rings. The molecule has 5 nitrogen and oxygen atoms in total. The predicted molar refractivity (Wildman–Crippen MR) is 79.0 cm³/mol. The van der Waals surface area contributed by atoms with Crippen LogP contribution in [0.2, 0.25) is 0 Å². The van der Waals surface area contributed by atoms with E-state index >= 15 is 0 Å². The summed E-state index contributed by atoms with van der Waals surface area (Å²) >= 11 is 0. The maximum Gasteiger partial charge on any atom is 0.212 e. The first kappa shape index (κ1) is 14.8. The second-order valence-electron chi connectivity index (χ2n) is 4.72. The second-order valence-corrected chi connectivity index (χ2v) is 4.72. The Hall–Kier alpha value is -2.63. The van der Waals surface area contributed by atoms with Crippen LogP contribution >= 0.6 is 0 Å². The predicted octanol–water partition coefficient (Wildman–Crippen LogP) is 2.17. The highest BCUT2D eigenvalue weighted by Gasteiger charge is 2.31. The van der Waals surface area contributed by atoms with Gasteiger partial charge in [-0.3, -0.25) is 5.32 Å². The van der Waals surface area contributed by atoms with E-state index in [1.54, 1.807) is 17.0 Å². The summed E-state index contributed by atoms with van der Waals surface area (Å²) in [6, 6.07) is 14.1. The molecular weight excluding hydrogens is 262 g/mol. The van der Waals surface area contributed by atoms with Crippen LogP contribution < -0.4 is 5.32 Å². The Bertz CT molecular complexity index is 662. The van der Waals surface area contributed by atoms with Crippen molar-refractivity contribution in [3.8, 4) is 12.1 Å². The number of hydrogen-bond donors (Lipinski definition) is 1. The Morgan fingerprint density at radius 2 is 2.05 bits per heavy atom. The summed E-state index contributed by atoms with van der Waals surface area (Å²) in [5.74, 6) is 0.367. The van der Waals surface area contributed by atoms with E-state index in [-0.39, 0.29) is 0 Å². The lowest BCUT2D eigenvalue weighted by atomic mass is 9.88. The Kier molecular flexibility index (Phi) is 4.71. The van der Waals surface area contributed by atoms with Crippen LogP contribution in [-0.2, 0) is 12.1 Å². The van der Waals surface area contributed by atoms with Crippen LogP contribution in [0.1, 0.15) is 24.7 Å². The maximum atomic E-state index is 9.71. The van der Waals surface area contributed by atoms with Gasteiger partial charge in [-0.2, -0.15) is 10.5 Å². The van der Waals surface area contributed by atoms with Gasteiger partial charge in [-0.15, -0.1) is 0 Å². The van der Waals surface area contributed by atoms with E-state index in [1.165, 1.54) is 0 Å². The third-order valence-electron chi connectivity index (χ3n) is 3.48. The lowest BCUT2D eigenvalue weighted by Gasteiger charge is -2.28. The largest absolute Gasteiger partial charge is 0.323 e. The molecule has 0 bridgehead atoms. The molecule has 5 heteroatoms. The highest BCUT2D eigenvalue weighted by molar-refractivity contribution is 5.31. The molecule has 1 aromatic heterocycles. The van der Waals surface area contributed by atoms with Crippen molar-refractivity contribution < 1.29 is 0 Å². The molecular formula is C16H17N5. The Balaban J connectivity index is 2.26. The fourth-order valence-corrected chi connectivity index (χ4v) is 2.41. The molecule has 0 amide bonds. The van der Waals surface area contributed by atoms with Gasteiger partial charge in [0.05, 0.1) is 6.07 Å². The topological polar surface area (TPSA) is 77.4 Å². The van der Waals surface area contributed by atoms with Crippen LogP contribution in [0.4, 0.5) is 0 Å². The van der Waals surface area contributed by atoms with Crippen LogP contribution in [0, 0.1) is 22.7 Å². The quantitative estimate of drug-likeness (QED) is 0.879. The summed E-state index contributed by atoms with van der Waals surface area (Å²) in [5, 5.41) is 22.0. The fourth-order valence-electron chi connectivity index (χ4n) is 2.41. The van der Waals surface area contributed by atoms with Crippen molar-refractivity contribution in [3.63, 3.8) is 0 Å². The summed E-state index contributed by atoms with van der Waals surface area (Å²) in [5.41, 5.74) is 0.181.